The molecular weight excluding hydrogens is 434 g/mol. The number of nitrogens with zero attached hydrogens (tertiary/aromatic N) is 1. The van der Waals surface area contributed by atoms with E-state index >= 15 is 0 Å². The van der Waals surface area contributed by atoms with Crippen molar-refractivity contribution in [2.45, 2.75) is 132 Å². The van der Waals surface area contributed by atoms with Crippen LogP contribution in [0.3, 0.4) is 0 Å². The molecule has 35 heavy (non-hydrogen) atoms. The minimum atomic E-state index is -0.250. The first-order valence-electron chi connectivity index (χ1n) is 15.0. The van der Waals surface area contributed by atoms with Gasteiger partial charge in [-0.15, -0.1) is 0 Å². The zero-order chi connectivity index (χ0) is 26.4. The number of oxime groups is 1. The highest BCUT2D eigenvalue weighted by atomic mass is 16.4. The molecule has 0 amide bonds. The van der Waals surface area contributed by atoms with Crippen molar-refractivity contribution in [1.82, 2.24) is 0 Å². The van der Waals surface area contributed by atoms with E-state index in [0.29, 0.717) is 22.2 Å². The Hall–Kier alpha value is -1.06. The van der Waals surface area contributed by atoms with E-state index in [1.54, 1.807) is 0 Å². The summed E-state index contributed by atoms with van der Waals surface area (Å²) in [6.07, 6.45) is 16.8. The van der Waals surface area contributed by atoms with Gasteiger partial charge in [0, 0.05) is 5.92 Å². The highest BCUT2D eigenvalue weighted by Gasteiger charge is 2.63. The largest absolute Gasteiger partial charge is 0.483 e. The minimum absolute atomic E-state index is 0.250. The van der Waals surface area contributed by atoms with Gasteiger partial charge in [0.2, 0.25) is 0 Å². The molecule has 5 aliphatic carbocycles. The summed E-state index contributed by atoms with van der Waals surface area (Å²) in [5, 5.41) is 20.1. The SMILES string of the molecule is CC.CC1/C(=N/O)CCC2(C)C1CCC1(C)C3CCC4(C)CCCC4C3CCC21.CCC.O=CO. The second kappa shape index (κ2) is 12.5. The Morgan fingerprint density at radius 3 is 2.06 bits per heavy atom. The van der Waals surface area contributed by atoms with E-state index in [0.717, 1.165) is 41.7 Å². The number of hydrogen-bond acceptors (Lipinski definition) is 3. The molecule has 9 unspecified atom stereocenters. The van der Waals surface area contributed by atoms with Crippen molar-refractivity contribution in [3.8, 4) is 0 Å². The van der Waals surface area contributed by atoms with E-state index in [-0.39, 0.29) is 6.47 Å². The van der Waals surface area contributed by atoms with Crippen LogP contribution in [0.2, 0.25) is 0 Å². The van der Waals surface area contributed by atoms with Gasteiger partial charge >= 0.3 is 0 Å². The third-order valence-corrected chi connectivity index (χ3v) is 11.5. The Morgan fingerprint density at radius 2 is 1.46 bits per heavy atom. The van der Waals surface area contributed by atoms with Crippen molar-refractivity contribution in [1.29, 1.82) is 0 Å². The van der Waals surface area contributed by atoms with E-state index in [9.17, 15) is 5.21 Å². The fourth-order valence-electron chi connectivity index (χ4n) is 10.1. The summed E-state index contributed by atoms with van der Waals surface area (Å²) in [4.78, 5) is 8.36. The Balaban J connectivity index is 0.000000484. The molecule has 4 nitrogen and oxygen atoms in total. The van der Waals surface area contributed by atoms with Crippen LogP contribution >= 0.6 is 0 Å². The summed E-state index contributed by atoms with van der Waals surface area (Å²) in [5.74, 6) is 5.11. The molecule has 0 aromatic carbocycles. The molecule has 5 fully saturated rings. The Morgan fingerprint density at radius 1 is 0.886 bits per heavy atom. The molecule has 4 heteroatoms. The summed E-state index contributed by atoms with van der Waals surface area (Å²) in [5.41, 5.74) is 2.78. The van der Waals surface area contributed by atoms with Crippen molar-refractivity contribution in [3.63, 3.8) is 0 Å². The van der Waals surface area contributed by atoms with Gasteiger partial charge in [0.05, 0.1) is 5.71 Å². The lowest BCUT2D eigenvalue weighted by Gasteiger charge is -2.67. The molecule has 0 spiro atoms. The quantitative estimate of drug-likeness (QED) is 0.202. The number of fused-ring (bicyclic) bond motifs is 7. The van der Waals surface area contributed by atoms with Crippen LogP contribution in [0.5, 0.6) is 0 Å². The maximum Gasteiger partial charge on any atom is 0.290 e. The van der Waals surface area contributed by atoms with Crippen LogP contribution in [0.1, 0.15) is 132 Å². The van der Waals surface area contributed by atoms with Crippen LogP contribution in [0.15, 0.2) is 5.16 Å². The first kappa shape index (κ1) is 30.2. The van der Waals surface area contributed by atoms with E-state index in [1.807, 2.05) is 13.8 Å². The highest BCUT2D eigenvalue weighted by Crippen LogP contribution is 2.71. The Labute approximate surface area is 216 Å². The van der Waals surface area contributed by atoms with Crippen LogP contribution in [-0.2, 0) is 4.79 Å². The number of carbonyl (C=O) groups is 1. The molecule has 0 saturated heterocycles. The van der Waals surface area contributed by atoms with Gasteiger partial charge in [0.15, 0.2) is 0 Å². The molecule has 5 rings (SSSR count). The standard InChI is InChI=1S/C25H41NO.C3H8.C2H6.CH2O2/c1-16-18-10-14-25(4)20-9-13-23(2)12-5-6-19(23)17(20)7-8-22(25)24(18,3)15-11-21(16)26-27;1-3-2;1-2;2-1-3/h16-20,22,27H,5-15H2,1-4H3;3H2,1-2H3;1-2H3;1H,(H,2,3)/b26-21+;;;. The summed E-state index contributed by atoms with van der Waals surface area (Å²) < 4.78 is 0. The normalized spacial score (nSPS) is 46.5. The lowest BCUT2D eigenvalue weighted by molar-refractivity contribution is -0.172. The minimum Gasteiger partial charge on any atom is -0.483 e. The molecule has 0 heterocycles. The molecule has 0 aliphatic heterocycles. The van der Waals surface area contributed by atoms with Crippen LogP contribution in [0.4, 0.5) is 0 Å². The number of rotatable bonds is 0. The second-order valence-corrected chi connectivity index (χ2v) is 12.9. The van der Waals surface area contributed by atoms with Crippen LogP contribution < -0.4 is 0 Å². The molecule has 0 aromatic heterocycles. The number of hydrogen-bond donors (Lipinski definition) is 2. The molecule has 204 valence electrons. The molecule has 2 N–H and O–H groups in total. The first-order chi connectivity index (χ1) is 16.7. The van der Waals surface area contributed by atoms with Gasteiger partial charge in [0.25, 0.3) is 6.47 Å². The van der Waals surface area contributed by atoms with Crippen LogP contribution in [-0.4, -0.2) is 22.5 Å². The van der Waals surface area contributed by atoms with Gasteiger partial charge in [0.1, 0.15) is 0 Å². The summed E-state index contributed by atoms with van der Waals surface area (Å²) in [7, 11) is 0. The highest BCUT2D eigenvalue weighted by molar-refractivity contribution is 5.87. The summed E-state index contributed by atoms with van der Waals surface area (Å²) >= 11 is 0. The molecule has 0 bridgehead atoms. The number of carboxylic acid groups (broad SMARTS) is 1. The van der Waals surface area contributed by atoms with Gasteiger partial charge < -0.3 is 10.3 Å². The van der Waals surface area contributed by atoms with Gasteiger partial charge in [-0.25, -0.2) is 0 Å². The van der Waals surface area contributed by atoms with Crippen LogP contribution in [0.25, 0.3) is 0 Å². The first-order valence-corrected chi connectivity index (χ1v) is 15.0. The summed E-state index contributed by atoms with van der Waals surface area (Å²) in [6, 6.07) is 0. The van der Waals surface area contributed by atoms with E-state index < -0.39 is 0 Å². The Bertz CT molecular complexity index is 707. The third-order valence-electron chi connectivity index (χ3n) is 11.5. The topological polar surface area (TPSA) is 69.9 Å². The van der Waals surface area contributed by atoms with Crippen molar-refractivity contribution in [3.05, 3.63) is 0 Å². The zero-order valence-corrected chi connectivity index (χ0v) is 24.3. The van der Waals surface area contributed by atoms with Crippen molar-refractivity contribution < 1.29 is 15.1 Å². The van der Waals surface area contributed by atoms with Crippen molar-refractivity contribution in [2.75, 3.05) is 0 Å². The Kier molecular flexibility index (Phi) is 10.7. The van der Waals surface area contributed by atoms with E-state index in [1.165, 1.54) is 70.6 Å². The molecular formula is C31H57NO3. The lowest BCUT2D eigenvalue weighted by Crippen LogP contribution is -2.60. The fourth-order valence-corrected chi connectivity index (χ4v) is 10.1. The summed E-state index contributed by atoms with van der Waals surface area (Å²) in [6.45, 7) is 18.3. The lowest BCUT2D eigenvalue weighted by atomic mass is 9.38. The second-order valence-electron chi connectivity index (χ2n) is 12.9. The smallest absolute Gasteiger partial charge is 0.290 e. The van der Waals surface area contributed by atoms with Crippen molar-refractivity contribution in [2.24, 2.45) is 56.9 Å². The van der Waals surface area contributed by atoms with Crippen molar-refractivity contribution >= 4 is 12.2 Å². The molecule has 5 aliphatic rings. The monoisotopic (exact) mass is 491 g/mol. The predicted octanol–water partition coefficient (Wildman–Crippen LogP) is 9.06. The third kappa shape index (κ3) is 5.33. The average molecular weight is 492 g/mol. The zero-order valence-electron chi connectivity index (χ0n) is 24.3. The maximum absolute atomic E-state index is 9.47. The molecule has 9 atom stereocenters. The van der Waals surface area contributed by atoms with Crippen LogP contribution in [0, 0.1) is 51.8 Å². The average Bonchev–Trinajstić information content (AvgIpc) is 3.23. The van der Waals surface area contributed by atoms with E-state index in [4.69, 9.17) is 9.90 Å². The predicted molar refractivity (Wildman–Crippen MR) is 147 cm³/mol. The van der Waals surface area contributed by atoms with Gasteiger partial charge in [-0.1, -0.05) is 73.4 Å². The fraction of sp³-hybridized carbons (Fsp3) is 0.935. The maximum atomic E-state index is 9.47. The molecule has 0 radical (unpaired) electrons. The van der Waals surface area contributed by atoms with Gasteiger partial charge in [-0.2, -0.15) is 0 Å². The van der Waals surface area contributed by atoms with E-state index in [2.05, 4.69) is 46.7 Å². The van der Waals surface area contributed by atoms with Gasteiger partial charge in [-0.3, -0.25) is 4.79 Å². The molecule has 0 aromatic rings. The van der Waals surface area contributed by atoms with Gasteiger partial charge in [-0.05, 0) is 110 Å². The molecule has 5 saturated carbocycles.